The maximum atomic E-state index is 13.5. The summed E-state index contributed by atoms with van der Waals surface area (Å²) in [6.07, 6.45) is 2.35. The topological polar surface area (TPSA) is 42.9 Å². The van der Waals surface area contributed by atoms with Gasteiger partial charge in [-0.25, -0.2) is 18.7 Å². The van der Waals surface area contributed by atoms with E-state index >= 15 is 0 Å². The molecule has 0 N–H and O–H groups in total. The van der Waals surface area contributed by atoms with Crippen LogP contribution in [0.2, 0.25) is 0 Å². The Morgan fingerprint density at radius 3 is 2.44 bits per heavy atom. The van der Waals surface area contributed by atoms with E-state index in [9.17, 15) is 13.6 Å². The molecule has 2 aromatic rings. The fraction of sp³-hybridized carbons (Fsp3) is 0. The number of aromatic nitrogens is 2. The fourth-order valence-corrected chi connectivity index (χ4v) is 1.32. The molecule has 0 aliphatic carbocycles. The Hall–Kier alpha value is -2.17. The van der Waals surface area contributed by atoms with Crippen LogP contribution in [0.3, 0.4) is 0 Å². The summed E-state index contributed by atoms with van der Waals surface area (Å²) in [7, 11) is 0. The van der Waals surface area contributed by atoms with Crippen LogP contribution in [-0.4, -0.2) is 16.3 Å². The van der Waals surface area contributed by atoms with Crippen LogP contribution in [-0.2, 0) is 0 Å². The van der Waals surface area contributed by atoms with Crippen LogP contribution in [0.5, 0.6) is 0 Å². The molecule has 2 rings (SSSR count). The molecule has 5 heteroatoms. The summed E-state index contributed by atoms with van der Waals surface area (Å²) in [5.41, 5.74) is 0.115. The van der Waals surface area contributed by atoms with E-state index in [0.717, 1.165) is 12.4 Å². The molecular formula is C11H6F2N2O. The average molecular weight is 220 g/mol. The van der Waals surface area contributed by atoms with Crippen molar-refractivity contribution in [3.63, 3.8) is 0 Å². The first-order chi connectivity index (χ1) is 7.72. The lowest BCUT2D eigenvalue weighted by atomic mass is 10.1. The lowest BCUT2D eigenvalue weighted by Crippen LogP contribution is -1.97. The lowest BCUT2D eigenvalue weighted by Gasteiger charge is -2.03. The second kappa shape index (κ2) is 4.14. The minimum atomic E-state index is -0.618. The number of hydrogen-bond donors (Lipinski definition) is 0. The molecule has 0 bridgehead atoms. The summed E-state index contributed by atoms with van der Waals surface area (Å²) in [5, 5.41) is 0. The summed E-state index contributed by atoms with van der Waals surface area (Å²) in [5.74, 6) is -1.24. The van der Waals surface area contributed by atoms with Crippen LogP contribution >= 0.6 is 0 Å². The highest BCUT2D eigenvalue weighted by Crippen LogP contribution is 2.22. The first kappa shape index (κ1) is 10.4. The highest BCUT2D eigenvalue weighted by atomic mass is 19.1. The Morgan fingerprint density at radius 1 is 1.12 bits per heavy atom. The molecular weight excluding hydrogens is 214 g/mol. The van der Waals surface area contributed by atoms with Crippen LogP contribution < -0.4 is 0 Å². The van der Waals surface area contributed by atoms with E-state index in [1.165, 1.54) is 18.2 Å². The largest absolute Gasteiger partial charge is 0.298 e. The van der Waals surface area contributed by atoms with E-state index in [1.807, 2.05) is 0 Å². The molecule has 16 heavy (non-hydrogen) atoms. The van der Waals surface area contributed by atoms with Gasteiger partial charge < -0.3 is 0 Å². The van der Waals surface area contributed by atoms with E-state index in [0.29, 0.717) is 6.29 Å². The average Bonchev–Trinajstić information content (AvgIpc) is 2.30. The fourth-order valence-electron chi connectivity index (χ4n) is 1.32. The van der Waals surface area contributed by atoms with Crippen molar-refractivity contribution in [3.05, 3.63) is 47.8 Å². The zero-order valence-corrected chi connectivity index (χ0v) is 8.02. The zero-order valence-electron chi connectivity index (χ0n) is 8.02. The molecule has 1 aromatic heterocycles. The smallest absolute Gasteiger partial charge is 0.163 e. The zero-order chi connectivity index (χ0) is 11.5. The van der Waals surface area contributed by atoms with Gasteiger partial charge >= 0.3 is 0 Å². The molecule has 0 saturated carbocycles. The number of carbonyl (C=O) groups excluding carboxylic acids is 1. The van der Waals surface area contributed by atoms with Crippen molar-refractivity contribution in [2.24, 2.45) is 0 Å². The number of halogens is 2. The molecule has 0 fully saturated rings. The van der Waals surface area contributed by atoms with Crippen molar-refractivity contribution in [2.45, 2.75) is 0 Å². The molecule has 0 atom stereocenters. The van der Waals surface area contributed by atoms with E-state index < -0.39 is 11.6 Å². The van der Waals surface area contributed by atoms with Crippen LogP contribution in [0.1, 0.15) is 10.4 Å². The maximum absolute atomic E-state index is 13.5. The van der Waals surface area contributed by atoms with Gasteiger partial charge in [0.15, 0.2) is 17.9 Å². The number of carbonyl (C=O) groups is 1. The molecule has 0 saturated heterocycles. The van der Waals surface area contributed by atoms with E-state index in [-0.39, 0.29) is 17.0 Å². The quantitative estimate of drug-likeness (QED) is 0.729. The molecule has 1 aromatic carbocycles. The summed E-state index contributed by atoms with van der Waals surface area (Å²) in [6, 6.07) is 4.04. The van der Waals surface area contributed by atoms with Crippen molar-refractivity contribution in [3.8, 4) is 11.4 Å². The van der Waals surface area contributed by atoms with Gasteiger partial charge in [-0.05, 0) is 6.07 Å². The number of aldehydes is 1. The molecule has 0 aliphatic rings. The van der Waals surface area contributed by atoms with Gasteiger partial charge in [0.05, 0.1) is 18.0 Å². The summed E-state index contributed by atoms with van der Waals surface area (Å²) < 4.78 is 26.1. The predicted molar refractivity (Wildman–Crippen MR) is 52.8 cm³/mol. The molecule has 0 radical (unpaired) electrons. The van der Waals surface area contributed by atoms with Crippen molar-refractivity contribution < 1.29 is 13.6 Å². The van der Waals surface area contributed by atoms with Gasteiger partial charge in [-0.3, -0.25) is 4.79 Å². The molecule has 0 spiro atoms. The minimum Gasteiger partial charge on any atom is -0.298 e. The monoisotopic (exact) mass is 220 g/mol. The normalized spacial score (nSPS) is 10.1. The highest BCUT2D eigenvalue weighted by molar-refractivity contribution is 5.85. The summed E-state index contributed by atoms with van der Waals surface area (Å²) in [4.78, 5) is 18.0. The second-order valence-corrected chi connectivity index (χ2v) is 3.05. The third-order valence-corrected chi connectivity index (χ3v) is 2.02. The first-order valence-corrected chi connectivity index (χ1v) is 4.44. The Balaban J connectivity index is 2.63. The third kappa shape index (κ3) is 1.79. The van der Waals surface area contributed by atoms with Crippen LogP contribution in [0.4, 0.5) is 8.78 Å². The minimum absolute atomic E-state index is 0.0124. The molecule has 0 aliphatic heterocycles. The molecule has 3 nitrogen and oxygen atoms in total. The van der Waals surface area contributed by atoms with Gasteiger partial charge in [0.1, 0.15) is 5.82 Å². The lowest BCUT2D eigenvalue weighted by molar-refractivity contribution is 0.112. The number of nitrogens with zero attached hydrogens (tertiary/aromatic N) is 2. The molecule has 1 heterocycles. The van der Waals surface area contributed by atoms with E-state index in [2.05, 4.69) is 9.97 Å². The Kier molecular flexibility index (Phi) is 2.68. The van der Waals surface area contributed by atoms with Crippen molar-refractivity contribution in [2.75, 3.05) is 0 Å². The SMILES string of the molecule is O=Cc1cccc(F)c1-c1ncc(F)cn1. The Morgan fingerprint density at radius 2 is 1.81 bits per heavy atom. The highest BCUT2D eigenvalue weighted by Gasteiger charge is 2.12. The van der Waals surface area contributed by atoms with Crippen molar-refractivity contribution in [1.82, 2.24) is 9.97 Å². The van der Waals surface area contributed by atoms with Gasteiger partial charge in [0.2, 0.25) is 0 Å². The van der Waals surface area contributed by atoms with E-state index in [4.69, 9.17) is 0 Å². The van der Waals surface area contributed by atoms with Crippen LogP contribution in [0.15, 0.2) is 30.6 Å². The van der Waals surface area contributed by atoms with Crippen molar-refractivity contribution >= 4 is 6.29 Å². The van der Waals surface area contributed by atoms with Crippen LogP contribution in [0.25, 0.3) is 11.4 Å². The molecule has 0 amide bonds. The third-order valence-electron chi connectivity index (χ3n) is 2.02. The van der Waals surface area contributed by atoms with Gasteiger partial charge in [-0.1, -0.05) is 12.1 Å². The van der Waals surface area contributed by atoms with Gasteiger partial charge in [-0.15, -0.1) is 0 Å². The van der Waals surface area contributed by atoms with Gasteiger partial charge in [0.25, 0.3) is 0 Å². The van der Waals surface area contributed by atoms with E-state index in [1.54, 1.807) is 0 Å². The number of hydrogen-bond acceptors (Lipinski definition) is 3. The molecule has 0 unspecified atom stereocenters. The standard InChI is InChI=1S/C11H6F2N2O/c12-8-4-14-11(15-5-8)10-7(6-16)2-1-3-9(10)13/h1-6H. The Labute approximate surface area is 89.8 Å². The maximum Gasteiger partial charge on any atom is 0.163 e. The molecule has 80 valence electrons. The second-order valence-electron chi connectivity index (χ2n) is 3.05. The van der Waals surface area contributed by atoms with Crippen molar-refractivity contribution in [1.29, 1.82) is 0 Å². The van der Waals surface area contributed by atoms with Gasteiger partial charge in [0, 0.05) is 5.56 Å². The predicted octanol–water partition coefficient (Wildman–Crippen LogP) is 2.23. The van der Waals surface area contributed by atoms with Crippen LogP contribution in [0, 0.1) is 11.6 Å². The number of rotatable bonds is 2. The first-order valence-electron chi connectivity index (χ1n) is 4.44. The van der Waals surface area contributed by atoms with Gasteiger partial charge in [-0.2, -0.15) is 0 Å². The Bertz CT molecular complexity index is 526. The number of benzene rings is 1. The summed E-state index contributed by atoms with van der Waals surface area (Å²) >= 11 is 0. The summed E-state index contributed by atoms with van der Waals surface area (Å²) in [6.45, 7) is 0.